The Morgan fingerprint density at radius 2 is 2.07 bits per heavy atom. The second-order valence-electron chi connectivity index (χ2n) is 4.29. The number of nitrogens with zero attached hydrogens (tertiary/aromatic N) is 1. The van der Waals surface area contributed by atoms with Crippen LogP contribution in [0.25, 0.3) is 0 Å². The highest BCUT2D eigenvalue weighted by atomic mass is 16.5. The van der Waals surface area contributed by atoms with Crippen LogP contribution in [0.1, 0.15) is 32.6 Å². The van der Waals surface area contributed by atoms with Crippen molar-refractivity contribution in [3.05, 3.63) is 0 Å². The van der Waals surface area contributed by atoms with Crippen LogP contribution in [-0.4, -0.2) is 43.2 Å². The normalized spacial score (nSPS) is 19.1. The van der Waals surface area contributed by atoms with E-state index in [4.69, 9.17) is 10.5 Å². The Bertz CT molecular complexity index is 213. The lowest BCUT2D eigenvalue weighted by atomic mass is 9.97. The lowest BCUT2D eigenvalue weighted by Gasteiger charge is -2.28. The third-order valence-corrected chi connectivity index (χ3v) is 3.04. The van der Waals surface area contributed by atoms with Gasteiger partial charge in [-0.25, -0.2) is 0 Å². The maximum Gasteiger partial charge on any atom is 0.242 e. The van der Waals surface area contributed by atoms with E-state index in [0.717, 1.165) is 25.7 Å². The maximum absolute atomic E-state index is 12.0. The molecule has 1 fully saturated rings. The zero-order chi connectivity index (χ0) is 11.3. The molecule has 4 nitrogen and oxygen atoms in total. The number of hydrogen-bond donors (Lipinski definition) is 1. The summed E-state index contributed by atoms with van der Waals surface area (Å²) in [7, 11) is 1.80. The van der Waals surface area contributed by atoms with Gasteiger partial charge < -0.3 is 15.4 Å². The minimum atomic E-state index is -0.596. The zero-order valence-electron chi connectivity index (χ0n) is 9.79. The minimum Gasteiger partial charge on any atom is -0.380 e. The predicted octanol–water partition coefficient (Wildman–Crippen LogP) is 0.753. The van der Waals surface area contributed by atoms with Gasteiger partial charge in [-0.05, 0) is 19.8 Å². The van der Waals surface area contributed by atoms with E-state index in [1.807, 2.05) is 6.92 Å². The smallest absolute Gasteiger partial charge is 0.242 e. The predicted molar refractivity (Wildman–Crippen MR) is 59.5 cm³/mol. The molecule has 0 aromatic rings. The van der Waals surface area contributed by atoms with E-state index >= 15 is 0 Å². The molecule has 0 atom stereocenters. The number of carbonyl (C=O) groups is 1. The highest BCUT2D eigenvalue weighted by Crippen LogP contribution is 2.28. The van der Waals surface area contributed by atoms with Gasteiger partial charge in [0.1, 0.15) is 0 Å². The van der Waals surface area contributed by atoms with E-state index in [9.17, 15) is 4.79 Å². The molecule has 15 heavy (non-hydrogen) atoms. The van der Waals surface area contributed by atoms with Gasteiger partial charge in [0, 0.05) is 20.2 Å². The molecule has 0 unspecified atom stereocenters. The number of carbonyl (C=O) groups excluding carboxylic acids is 1. The third kappa shape index (κ3) is 3.18. The van der Waals surface area contributed by atoms with Crippen molar-refractivity contribution in [3.63, 3.8) is 0 Å². The average Bonchev–Trinajstić information content (AvgIpc) is 2.65. The molecule has 0 aromatic heterocycles. The number of likely N-dealkylation sites (N-methyl/N-ethyl adjacent to an activating group) is 1. The summed E-state index contributed by atoms with van der Waals surface area (Å²) < 4.78 is 5.22. The number of nitrogens with two attached hydrogens (primary N) is 1. The molecule has 0 aliphatic heterocycles. The molecule has 0 bridgehead atoms. The van der Waals surface area contributed by atoms with Crippen LogP contribution in [0.5, 0.6) is 0 Å². The molecule has 4 heteroatoms. The number of rotatable bonds is 5. The topological polar surface area (TPSA) is 55.6 Å². The molecule has 1 rings (SSSR count). The highest BCUT2D eigenvalue weighted by Gasteiger charge is 2.38. The first-order chi connectivity index (χ1) is 7.10. The van der Waals surface area contributed by atoms with E-state index in [1.54, 1.807) is 11.9 Å². The lowest BCUT2D eigenvalue weighted by Crippen LogP contribution is -2.53. The van der Waals surface area contributed by atoms with Gasteiger partial charge in [0.15, 0.2) is 0 Å². The Hall–Kier alpha value is -0.610. The summed E-state index contributed by atoms with van der Waals surface area (Å²) in [4.78, 5) is 13.7. The van der Waals surface area contributed by atoms with Crippen molar-refractivity contribution >= 4 is 5.91 Å². The highest BCUT2D eigenvalue weighted by molar-refractivity contribution is 5.86. The maximum atomic E-state index is 12.0. The summed E-state index contributed by atoms with van der Waals surface area (Å²) in [5, 5.41) is 0. The molecule has 1 aliphatic carbocycles. The number of amides is 1. The third-order valence-electron chi connectivity index (χ3n) is 3.04. The molecule has 2 N–H and O–H groups in total. The van der Waals surface area contributed by atoms with Gasteiger partial charge >= 0.3 is 0 Å². The van der Waals surface area contributed by atoms with Gasteiger partial charge in [0.25, 0.3) is 0 Å². The summed E-state index contributed by atoms with van der Waals surface area (Å²) in [5.74, 6) is 0.0692. The van der Waals surface area contributed by atoms with Gasteiger partial charge in [-0.1, -0.05) is 12.8 Å². The first-order valence-electron chi connectivity index (χ1n) is 5.72. The Kier molecular flexibility index (Phi) is 4.54. The summed E-state index contributed by atoms with van der Waals surface area (Å²) >= 11 is 0. The molecule has 0 radical (unpaired) electrons. The van der Waals surface area contributed by atoms with Crippen LogP contribution < -0.4 is 5.73 Å². The van der Waals surface area contributed by atoms with Gasteiger partial charge in [-0.3, -0.25) is 4.79 Å². The molecule has 0 spiro atoms. The van der Waals surface area contributed by atoms with Crippen LogP contribution in [0.15, 0.2) is 0 Å². The van der Waals surface area contributed by atoms with Crippen LogP contribution in [0.2, 0.25) is 0 Å². The van der Waals surface area contributed by atoms with Crippen LogP contribution in [-0.2, 0) is 9.53 Å². The number of hydrogen-bond acceptors (Lipinski definition) is 3. The quantitative estimate of drug-likeness (QED) is 0.687. The van der Waals surface area contributed by atoms with Crippen LogP contribution in [0.3, 0.4) is 0 Å². The summed E-state index contributed by atoms with van der Waals surface area (Å²) in [6, 6.07) is 0. The van der Waals surface area contributed by atoms with Crippen molar-refractivity contribution in [1.82, 2.24) is 4.90 Å². The summed E-state index contributed by atoms with van der Waals surface area (Å²) in [5.41, 5.74) is 5.48. The second-order valence-corrected chi connectivity index (χ2v) is 4.29. The van der Waals surface area contributed by atoms with E-state index < -0.39 is 5.54 Å². The molecule has 1 saturated carbocycles. The molecule has 88 valence electrons. The molecular weight excluding hydrogens is 192 g/mol. The molecule has 1 aliphatic rings. The van der Waals surface area contributed by atoms with Crippen molar-refractivity contribution in [2.75, 3.05) is 26.8 Å². The second kappa shape index (κ2) is 5.47. The summed E-state index contributed by atoms with van der Waals surface area (Å²) in [6.07, 6.45) is 3.79. The van der Waals surface area contributed by atoms with Crippen molar-refractivity contribution < 1.29 is 9.53 Å². The van der Waals surface area contributed by atoms with E-state index in [1.165, 1.54) is 0 Å². The van der Waals surface area contributed by atoms with Crippen molar-refractivity contribution in [2.24, 2.45) is 5.73 Å². The van der Waals surface area contributed by atoms with Gasteiger partial charge in [0.05, 0.1) is 12.1 Å². The first kappa shape index (κ1) is 12.5. The van der Waals surface area contributed by atoms with Crippen LogP contribution >= 0.6 is 0 Å². The molecular formula is C11H22N2O2. The van der Waals surface area contributed by atoms with E-state index in [2.05, 4.69) is 0 Å². The number of ether oxygens (including phenoxy) is 1. The fraction of sp³-hybridized carbons (Fsp3) is 0.909. The van der Waals surface area contributed by atoms with Crippen molar-refractivity contribution in [2.45, 2.75) is 38.1 Å². The fourth-order valence-electron chi connectivity index (χ4n) is 2.05. The van der Waals surface area contributed by atoms with Crippen LogP contribution in [0, 0.1) is 0 Å². The fourth-order valence-corrected chi connectivity index (χ4v) is 2.05. The van der Waals surface area contributed by atoms with E-state index in [0.29, 0.717) is 19.8 Å². The van der Waals surface area contributed by atoms with Crippen molar-refractivity contribution in [1.29, 1.82) is 0 Å². The van der Waals surface area contributed by atoms with Crippen LogP contribution in [0.4, 0.5) is 0 Å². The Morgan fingerprint density at radius 3 is 2.60 bits per heavy atom. The SMILES string of the molecule is CCOCCN(C)C(=O)C1(N)CCCC1. The monoisotopic (exact) mass is 214 g/mol. The Morgan fingerprint density at radius 1 is 1.47 bits per heavy atom. The van der Waals surface area contributed by atoms with Gasteiger partial charge in [-0.15, -0.1) is 0 Å². The molecule has 1 amide bonds. The van der Waals surface area contributed by atoms with Gasteiger partial charge in [-0.2, -0.15) is 0 Å². The molecule has 0 saturated heterocycles. The lowest BCUT2D eigenvalue weighted by molar-refractivity contribution is -0.136. The van der Waals surface area contributed by atoms with Crippen molar-refractivity contribution in [3.8, 4) is 0 Å². The first-order valence-corrected chi connectivity index (χ1v) is 5.72. The molecule has 0 heterocycles. The van der Waals surface area contributed by atoms with Gasteiger partial charge in [0.2, 0.25) is 5.91 Å². The minimum absolute atomic E-state index is 0.0692. The largest absolute Gasteiger partial charge is 0.380 e. The average molecular weight is 214 g/mol. The Balaban J connectivity index is 2.38. The molecule has 0 aromatic carbocycles. The standard InChI is InChI=1S/C11H22N2O2/c1-3-15-9-8-13(2)10(14)11(12)6-4-5-7-11/h3-9,12H2,1-2H3. The van der Waals surface area contributed by atoms with E-state index in [-0.39, 0.29) is 5.91 Å². The summed E-state index contributed by atoms with van der Waals surface area (Å²) in [6.45, 7) is 3.86. The Labute approximate surface area is 91.8 Å². The zero-order valence-corrected chi connectivity index (χ0v) is 9.79.